The van der Waals surface area contributed by atoms with E-state index in [0.29, 0.717) is 13.2 Å². The molecule has 0 saturated carbocycles. The molecule has 0 N–H and O–H groups in total. The quantitative estimate of drug-likeness (QED) is 0.189. The third kappa shape index (κ3) is 5.42. The monoisotopic (exact) mass is 202 g/mol. The van der Waals surface area contributed by atoms with E-state index in [-0.39, 0.29) is 18.9 Å². The van der Waals surface area contributed by atoms with Crippen molar-refractivity contribution in [3.8, 4) is 0 Å². The summed E-state index contributed by atoms with van der Waals surface area (Å²) in [7, 11) is 1.54. The summed E-state index contributed by atoms with van der Waals surface area (Å²) >= 11 is 0. The third-order valence-electron chi connectivity index (χ3n) is 1.30. The molecule has 80 valence electrons. The predicted molar refractivity (Wildman–Crippen MR) is 48.0 cm³/mol. The maximum absolute atomic E-state index is 11.0. The first-order valence-electron chi connectivity index (χ1n) is 4.21. The summed E-state index contributed by atoms with van der Waals surface area (Å²) in [6.45, 7) is 2.56. The van der Waals surface area contributed by atoms with Gasteiger partial charge < -0.3 is 19.7 Å². The normalized spacial score (nSPS) is 9.29. The van der Waals surface area contributed by atoms with E-state index >= 15 is 0 Å². The topological polar surface area (TPSA) is 81.2 Å². The highest BCUT2D eigenvalue weighted by Crippen LogP contribution is 1.84. The largest absolute Gasteiger partial charge is 0.457 e. The Morgan fingerprint density at radius 3 is 2.64 bits per heavy atom. The SMILES string of the molecule is CCOC(=O)C(COCCOC)=[N+]=[N-]. The van der Waals surface area contributed by atoms with Crippen molar-refractivity contribution >= 4 is 11.7 Å². The molecule has 0 rings (SSSR count). The number of ether oxygens (including phenoxy) is 3. The van der Waals surface area contributed by atoms with Crippen molar-refractivity contribution in [2.75, 3.05) is 33.5 Å². The van der Waals surface area contributed by atoms with E-state index in [0.717, 1.165) is 0 Å². The van der Waals surface area contributed by atoms with E-state index in [1.807, 2.05) is 0 Å². The Balaban J connectivity index is 3.81. The number of nitrogens with zero attached hydrogens (tertiary/aromatic N) is 2. The molecule has 0 unspecified atom stereocenters. The molecule has 0 aliphatic rings. The molecule has 0 saturated heterocycles. The van der Waals surface area contributed by atoms with Crippen LogP contribution in [0.15, 0.2) is 0 Å². The van der Waals surface area contributed by atoms with Crippen LogP contribution in [0.4, 0.5) is 0 Å². The molecule has 0 aromatic heterocycles. The number of carbonyl (C=O) groups is 1. The van der Waals surface area contributed by atoms with E-state index in [1.54, 1.807) is 6.92 Å². The van der Waals surface area contributed by atoms with E-state index in [1.165, 1.54) is 7.11 Å². The summed E-state index contributed by atoms with van der Waals surface area (Å²) in [5.41, 5.74) is 8.31. The van der Waals surface area contributed by atoms with Gasteiger partial charge in [0.15, 0.2) is 6.61 Å². The molecule has 0 radical (unpaired) electrons. The highest BCUT2D eigenvalue weighted by Gasteiger charge is 2.21. The van der Waals surface area contributed by atoms with Gasteiger partial charge in [0.05, 0.1) is 19.8 Å². The fourth-order valence-electron chi connectivity index (χ4n) is 0.654. The molecule has 0 bridgehead atoms. The molecule has 6 nitrogen and oxygen atoms in total. The number of carbonyl (C=O) groups excluding carboxylic acids is 1. The zero-order chi connectivity index (χ0) is 10.8. The molecule has 0 heterocycles. The minimum absolute atomic E-state index is 0.0846. The molecule has 14 heavy (non-hydrogen) atoms. The first-order chi connectivity index (χ1) is 6.76. The second-order valence-corrected chi connectivity index (χ2v) is 2.31. The van der Waals surface area contributed by atoms with Crippen molar-refractivity contribution in [1.29, 1.82) is 0 Å². The molecule has 0 aromatic carbocycles. The maximum Gasteiger partial charge on any atom is 0.419 e. The van der Waals surface area contributed by atoms with Gasteiger partial charge in [-0.25, -0.2) is 4.79 Å². The van der Waals surface area contributed by atoms with E-state index in [2.05, 4.69) is 9.53 Å². The Hall–Kier alpha value is -1.23. The van der Waals surface area contributed by atoms with Gasteiger partial charge >= 0.3 is 11.7 Å². The molecule has 0 aliphatic heterocycles. The molecule has 0 spiro atoms. The Labute approximate surface area is 82.4 Å². The number of hydrogen-bond donors (Lipinski definition) is 0. The average molecular weight is 202 g/mol. The van der Waals surface area contributed by atoms with Crippen LogP contribution in [0.2, 0.25) is 0 Å². The van der Waals surface area contributed by atoms with Crippen LogP contribution in [0.1, 0.15) is 6.92 Å². The lowest BCUT2D eigenvalue weighted by molar-refractivity contribution is -0.140. The van der Waals surface area contributed by atoms with Gasteiger partial charge in [0.25, 0.3) is 0 Å². The van der Waals surface area contributed by atoms with Gasteiger partial charge in [-0.15, -0.1) is 0 Å². The number of methoxy groups -OCH3 is 1. The molecule has 0 aliphatic carbocycles. The lowest BCUT2D eigenvalue weighted by Gasteiger charge is -2.00. The second kappa shape index (κ2) is 8.37. The van der Waals surface area contributed by atoms with Gasteiger partial charge in [0.1, 0.15) is 0 Å². The van der Waals surface area contributed by atoms with Crippen LogP contribution in [-0.4, -0.2) is 50.0 Å². The first kappa shape index (κ1) is 12.8. The van der Waals surface area contributed by atoms with Gasteiger partial charge in [0.2, 0.25) is 0 Å². The van der Waals surface area contributed by atoms with Crippen molar-refractivity contribution in [3.63, 3.8) is 0 Å². The minimum atomic E-state index is -0.674. The molecule has 0 fully saturated rings. The van der Waals surface area contributed by atoms with Crippen molar-refractivity contribution < 1.29 is 23.8 Å². The lowest BCUT2D eigenvalue weighted by atomic mass is 10.4. The number of esters is 1. The Bertz CT molecular complexity index is 223. The molecule has 0 aromatic rings. The molecular weight excluding hydrogens is 188 g/mol. The van der Waals surface area contributed by atoms with Crippen LogP contribution in [0.5, 0.6) is 0 Å². The molecule has 6 heteroatoms. The number of hydrogen-bond acceptors (Lipinski definition) is 4. The molecule has 0 amide bonds. The Morgan fingerprint density at radius 2 is 2.14 bits per heavy atom. The van der Waals surface area contributed by atoms with E-state index < -0.39 is 5.97 Å². The highest BCUT2D eigenvalue weighted by molar-refractivity contribution is 6.34. The van der Waals surface area contributed by atoms with Crippen LogP contribution < -0.4 is 0 Å². The van der Waals surface area contributed by atoms with Gasteiger partial charge in [-0.3, -0.25) is 0 Å². The number of rotatable bonds is 7. The minimum Gasteiger partial charge on any atom is -0.457 e. The van der Waals surface area contributed by atoms with Crippen LogP contribution in [-0.2, 0) is 19.0 Å². The molecule has 0 atom stereocenters. The lowest BCUT2D eigenvalue weighted by Crippen LogP contribution is -2.24. The van der Waals surface area contributed by atoms with E-state index in [4.69, 9.17) is 15.0 Å². The van der Waals surface area contributed by atoms with Gasteiger partial charge in [-0.2, -0.15) is 4.79 Å². The first-order valence-corrected chi connectivity index (χ1v) is 4.21. The van der Waals surface area contributed by atoms with E-state index in [9.17, 15) is 4.79 Å². The summed E-state index contributed by atoms with van der Waals surface area (Å²) in [6.07, 6.45) is 0. The predicted octanol–water partition coefficient (Wildman–Crippen LogP) is -0.117. The van der Waals surface area contributed by atoms with Gasteiger partial charge in [-0.1, -0.05) is 0 Å². The third-order valence-corrected chi connectivity index (χ3v) is 1.30. The highest BCUT2D eigenvalue weighted by atomic mass is 16.5. The Kier molecular flexibility index (Phi) is 7.64. The summed E-state index contributed by atoms with van der Waals surface area (Å²) in [4.78, 5) is 13.8. The van der Waals surface area contributed by atoms with Crippen molar-refractivity contribution in [2.24, 2.45) is 0 Å². The summed E-state index contributed by atoms with van der Waals surface area (Å²) in [6, 6.07) is 0. The van der Waals surface area contributed by atoms with Gasteiger partial charge in [-0.05, 0) is 6.92 Å². The van der Waals surface area contributed by atoms with Gasteiger partial charge in [0, 0.05) is 7.11 Å². The summed E-state index contributed by atoms with van der Waals surface area (Å²) < 4.78 is 14.3. The van der Waals surface area contributed by atoms with Crippen LogP contribution in [0.3, 0.4) is 0 Å². The van der Waals surface area contributed by atoms with Crippen LogP contribution in [0, 0.1) is 0 Å². The fraction of sp³-hybridized carbons (Fsp3) is 0.750. The van der Waals surface area contributed by atoms with Crippen molar-refractivity contribution in [3.05, 3.63) is 5.53 Å². The zero-order valence-electron chi connectivity index (χ0n) is 8.36. The Morgan fingerprint density at radius 1 is 1.43 bits per heavy atom. The summed E-state index contributed by atoms with van der Waals surface area (Å²) in [5, 5.41) is 0. The van der Waals surface area contributed by atoms with Crippen LogP contribution in [0.25, 0.3) is 5.53 Å². The van der Waals surface area contributed by atoms with Crippen LogP contribution >= 0.6 is 0 Å². The fourth-order valence-corrected chi connectivity index (χ4v) is 0.654. The van der Waals surface area contributed by atoms with Crippen molar-refractivity contribution in [1.82, 2.24) is 0 Å². The molecular formula is C8H14N2O4. The average Bonchev–Trinajstić information content (AvgIpc) is 2.18. The van der Waals surface area contributed by atoms with Crippen molar-refractivity contribution in [2.45, 2.75) is 6.92 Å². The smallest absolute Gasteiger partial charge is 0.419 e. The standard InChI is InChI=1S/C8H14N2O4/c1-3-14-8(11)7(10-9)6-13-5-4-12-2/h3-6H2,1-2H3. The zero-order valence-corrected chi connectivity index (χ0v) is 8.36. The maximum atomic E-state index is 11.0. The second-order valence-electron chi connectivity index (χ2n) is 2.31. The summed E-state index contributed by atoms with van der Waals surface area (Å²) in [5.74, 6) is -0.674.